The van der Waals surface area contributed by atoms with E-state index >= 15 is 0 Å². The number of nitrogens with zero attached hydrogens (tertiary/aromatic N) is 1. The molecule has 0 bridgehead atoms. The van der Waals surface area contributed by atoms with E-state index in [1.165, 1.54) is 11.8 Å². The Morgan fingerprint density at radius 2 is 1.82 bits per heavy atom. The molecule has 0 spiro atoms. The van der Waals surface area contributed by atoms with Crippen LogP contribution in [-0.4, -0.2) is 23.0 Å². The fraction of sp³-hybridized carbons (Fsp3) is 0.323. The van der Waals surface area contributed by atoms with Crippen molar-refractivity contribution in [2.24, 2.45) is 17.8 Å². The first-order valence-electron chi connectivity index (χ1n) is 13.2. The molecular weight excluding hydrogens is 548 g/mol. The molecule has 3 aromatic carbocycles. The molecule has 1 N–H and O–H groups in total. The average molecular weight is 579 g/mol. The highest BCUT2D eigenvalue weighted by Gasteiger charge is 2.34. The number of thiazole rings is 1. The van der Waals surface area contributed by atoms with Crippen LogP contribution < -0.4 is 5.32 Å². The van der Waals surface area contributed by atoms with Gasteiger partial charge in [-0.2, -0.15) is 0 Å². The maximum Gasteiger partial charge on any atom is 0.339 e. The van der Waals surface area contributed by atoms with Crippen molar-refractivity contribution in [3.05, 3.63) is 82.9 Å². The maximum absolute atomic E-state index is 13.8. The molecule has 0 unspecified atom stereocenters. The van der Waals surface area contributed by atoms with Gasteiger partial charge in [0.05, 0.1) is 26.5 Å². The van der Waals surface area contributed by atoms with E-state index in [1.807, 2.05) is 30.3 Å². The number of rotatable bonds is 7. The molecule has 1 heterocycles. The summed E-state index contributed by atoms with van der Waals surface area (Å²) in [6.07, 6.45) is 2.88. The third-order valence-corrected chi connectivity index (χ3v) is 9.73. The normalized spacial score (nSPS) is 19.3. The first-order valence-corrected chi connectivity index (χ1v) is 15.2. The lowest BCUT2D eigenvalue weighted by molar-refractivity contribution is -0.0177. The van der Waals surface area contributed by atoms with Crippen LogP contribution in [0.1, 0.15) is 60.7 Å². The van der Waals surface area contributed by atoms with E-state index in [9.17, 15) is 9.59 Å². The summed E-state index contributed by atoms with van der Waals surface area (Å²) in [5.74, 6) is 0.521. The SMILES string of the molecule is CC(C)[C@@H]1CC[C@@H](C)C[C@H]1OC(=O)c1cc(NC(=O)c2ccccc2)c(Cl)cc1Sc1nc2ccccc2s1. The molecule has 0 aliphatic heterocycles. The molecule has 5 nitrogen and oxygen atoms in total. The second kappa shape index (κ2) is 12.1. The minimum Gasteiger partial charge on any atom is -0.458 e. The number of benzene rings is 3. The van der Waals surface area contributed by atoms with E-state index in [4.69, 9.17) is 21.3 Å². The molecule has 1 aliphatic carbocycles. The minimum atomic E-state index is -0.407. The number of anilines is 1. The van der Waals surface area contributed by atoms with Crippen LogP contribution in [0.4, 0.5) is 5.69 Å². The number of esters is 1. The van der Waals surface area contributed by atoms with Gasteiger partial charge in [0.1, 0.15) is 6.10 Å². The van der Waals surface area contributed by atoms with Gasteiger partial charge in [0.15, 0.2) is 4.34 Å². The Kier molecular flexibility index (Phi) is 8.60. The molecular formula is C31H31ClN2O3S2. The number of carbonyl (C=O) groups excluding carboxylic acids is 2. The number of amides is 1. The number of para-hydroxylation sites is 1. The molecule has 1 aromatic heterocycles. The number of hydrogen-bond acceptors (Lipinski definition) is 6. The van der Waals surface area contributed by atoms with Gasteiger partial charge in [-0.05, 0) is 67.0 Å². The number of halogens is 1. The summed E-state index contributed by atoms with van der Waals surface area (Å²) in [5, 5.41) is 3.21. The number of fused-ring (bicyclic) bond motifs is 1. The molecule has 5 rings (SSSR count). The predicted octanol–water partition coefficient (Wildman–Crippen LogP) is 8.97. The van der Waals surface area contributed by atoms with E-state index in [-0.39, 0.29) is 12.0 Å². The second-order valence-electron chi connectivity index (χ2n) is 10.5. The Labute approximate surface area is 242 Å². The maximum atomic E-state index is 13.8. The number of ether oxygens (including phenoxy) is 1. The van der Waals surface area contributed by atoms with Crippen molar-refractivity contribution in [1.29, 1.82) is 0 Å². The van der Waals surface area contributed by atoms with Crippen LogP contribution in [-0.2, 0) is 4.74 Å². The Hall–Kier alpha value is -2.87. The molecule has 0 saturated heterocycles. The van der Waals surface area contributed by atoms with Crippen LogP contribution in [0.3, 0.4) is 0 Å². The van der Waals surface area contributed by atoms with Crippen molar-refractivity contribution < 1.29 is 14.3 Å². The lowest BCUT2D eigenvalue weighted by atomic mass is 9.75. The summed E-state index contributed by atoms with van der Waals surface area (Å²) in [4.78, 5) is 32.0. The fourth-order valence-electron chi connectivity index (χ4n) is 5.12. The lowest BCUT2D eigenvalue weighted by Crippen LogP contribution is -2.36. The smallest absolute Gasteiger partial charge is 0.339 e. The van der Waals surface area contributed by atoms with E-state index in [0.717, 1.165) is 33.8 Å². The third kappa shape index (κ3) is 6.48. The number of carbonyl (C=O) groups is 2. The first-order chi connectivity index (χ1) is 18.8. The molecule has 39 heavy (non-hydrogen) atoms. The Balaban J connectivity index is 1.48. The van der Waals surface area contributed by atoms with Gasteiger partial charge in [-0.25, -0.2) is 9.78 Å². The molecule has 4 aromatic rings. The van der Waals surface area contributed by atoms with Crippen LogP contribution in [0.2, 0.25) is 5.02 Å². The molecule has 8 heteroatoms. The number of hydrogen-bond donors (Lipinski definition) is 1. The van der Waals surface area contributed by atoms with Crippen LogP contribution in [0.25, 0.3) is 10.2 Å². The van der Waals surface area contributed by atoms with E-state index in [2.05, 4.69) is 26.1 Å². The van der Waals surface area contributed by atoms with Gasteiger partial charge in [-0.1, -0.05) is 80.9 Å². The highest BCUT2D eigenvalue weighted by molar-refractivity contribution is 8.01. The second-order valence-corrected chi connectivity index (χ2v) is 13.2. The van der Waals surface area contributed by atoms with Gasteiger partial charge < -0.3 is 10.1 Å². The number of aromatic nitrogens is 1. The quantitative estimate of drug-likeness (QED) is 0.222. The van der Waals surface area contributed by atoms with Gasteiger partial charge in [-0.3, -0.25) is 4.79 Å². The van der Waals surface area contributed by atoms with Crippen LogP contribution in [0, 0.1) is 17.8 Å². The Morgan fingerprint density at radius 1 is 1.08 bits per heavy atom. The van der Waals surface area contributed by atoms with E-state index in [1.54, 1.807) is 47.7 Å². The molecule has 1 fully saturated rings. The summed E-state index contributed by atoms with van der Waals surface area (Å²) in [5.41, 5.74) is 2.14. The molecule has 1 aliphatic rings. The zero-order valence-corrected chi connectivity index (χ0v) is 24.5. The molecule has 202 valence electrons. The van der Waals surface area contributed by atoms with Gasteiger partial charge in [0.25, 0.3) is 5.91 Å². The van der Waals surface area contributed by atoms with Gasteiger partial charge >= 0.3 is 5.97 Å². The lowest BCUT2D eigenvalue weighted by Gasteiger charge is -2.36. The van der Waals surface area contributed by atoms with Crippen LogP contribution in [0.15, 0.2) is 76.0 Å². The molecule has 1 saturated carbocycles. The summed E-state index contributed by atoms with van der Waals surface area (Å²) in [6, 6.07) is 20.2. The van der Waals surface area contributed by atoms with Gasteiger partial charge in [-0.15, -0.1) is 11.3 Å². The van der Waals surface area contributed by atoms with Crippen molar-refractivity contribution in [2.45, 2.75) is 55.4 Å². The summed E-state index contributed by atoms with van der Waals surface area (Å²) < 4.78 is 8.09. The fourth-order valence-corrected chi connectivity index (χ4v) is 7.56. The molecule has 1 amide bonds. The topological polar surface area (TPSA) is 68.3 Å². The van der Waals surface area contributed by atoms with Gasteiger partial charge in [0.2, 0.25) is 0 Å². The van der Waals surface area contributed by atoms with E-state index in [0.29, 0.717) is 44.5 Å². The standard InChI is InChI=1S/C31H31ClN2O3S2/c1-18(2)21-14-13-19(3)15-26(21)37-30(36)22-16-25(33-29(35)20-9-5-4-6-10-20)23(32)17-28(22)39-31-34-24-11-7-8-12-27(24)38-31/h4-12,16-19,21,26H,13-15H2,1-3H3,(H,33,35)/t19-,21+,26-/m1/s1. The van der Waals surface area contributed by atoms with Crippen molar-refractivity contribution in [1.82, 2.24) is 4.98 Å². The first kappa shape index (κ1) is 27.7. The Morgan fingerprint density at radius 3 is 2.56 bits per heavy atom. The Bertz CT molecular complexity index is 1450. The highest BCUT2D eigenvalue weighted by Crippen LogP contribution is 2.41. The highest BCUT2D eigenvalue weighted by atomic mass is 35.5. The van der Waals surface area contributed by atoms with Crippen LogP contribution in [0.5, 0.6) is 0 Å². The van der Waals surface area contributed by atoms with Crippen molar-refractivity contribution >= 4 is 62.5 Å². The van der Waals surface area contributed by atoms with E-state index < -0.39 is 5.97 Å². The predicted molar refractivity (Wildman–Crippen MR) is 160 cm³/mol. The summed E-state index contributed by atoms with van der Waals surface area (Å²) in [7, 11) is 0. The molecule has 0 radical (unpaired) electrons. The zero-order chi connectivity index (χ0) is 27.5. The number of nitrogens with one attached hydrogen (secondary N) is 1. The minimum absolute atomic E-state index is 0.153. The summed E-state index contributed by atoms with van der Waals surface area (Å²) >= 11 is 9.60. The monoisotopic (exact) mass is 578 g/mol. The van der Waals surface area contributed by atoms with Crippen molar-refractivity contribution in [3.63, 3.8) is 0 Å². The van der Waals surface area contributed by atoms with Crippen LogP contribution >= 0.6 is 34.7 Å². The average Bonchev–Trinajstić information content (AvgIpc) is 3.32. The third-order valence-electron chi connectivity index (χ3n) is 7.26. The summed E-state index contributed by atoms with van der Waals surface area (Å²) in [6.45, 7) is 6.59. The largest absolute Gasteiger partial charge is 0.458 e. The molecule has 3 atom stereocenters. The van der Waals surface area contributed by atoms with Gasteiger partial charge in [0, 0.05) is 10.5 Å². The van der Waals surface area contributed by atoms with Crippen molar-refractivity contribution in [3.8, 4) is 0 Å². The van der Waals surface area contributed by atoms with Crippen molar-refractivity contribution in [2.75, 3.05) is 5.32 Å². The zero-order valence-electron chi connectivity index (χ0n) is 22.1.